The molecule has 7 nitrogen and oxygen atoms in total. The lowest BCUT2D eigenvalue weighted by atomic mass is 10.0. The molecule has 152 valence electrons. The number of carbonyl (C=O) groups excluding carboxylic acids is 1. The van der Waals surface area contributed by atoms with Gasteiger partial charge in [0.1, 0.15) is 12.4 Å². The fraction of sp³-hybridized carbons (Fsp3) is 0.545. The van der Waals surface area contributed by atoms with Gasteiger partial charge in [-0.05, 0) is 37.8 Å². The number of H-pyrrole nitrogens is 1. The molecule has 7 heteroatoms. The molecule has 1 amide bonds. The lowest BCUT2D eigenvalue weighted by Crippen LogP contribution is -2.42. The minimum absolute atomic E-state index is 0.0528. The molecule has 4 saturated heterocycles. The molecule has 0 spiro atoms. The lowest BCUT2D eigenvalue weighted by Gasteiger charge is -2.31. The molecule has 1 N–H and O–H groups in total. The minimum Gasteiger partial charge on any atom is -0.488 e. The molecule has 0 aliphatic carbocycles. The van der Waals surface area contributed by atoms with Crippen LogP contribution in [0.5, 0.6) is 5.75 Å². The number of amides is 1. The van der Waals surface area contributed by atoms with E-state index in [4.69, 9.17) is 4.74 Å². The van der Waals surface area contributed by atoms with Gasteiger partial charge in [0.15, 0.2) is 5.69 Å². The highest BCUT2D eigenvalue weighted by Crippen LogP contribution is 2.40. The summed E-state index contributed by atoms with van der Waals surface area (Å²) >= 11 is 0. The fourth-order valence-electron chi connectivity index (χ4n) is 5.35. The van der Waals surface area contributed by atoms with Gasteiger partial charge in [0.25, 0.3) is 5.91 Å². The summed E-state index contributed by atoms with van der Waals surface area (Å²) in [6.07, 6.45) is 4.64. The molecule has 6 heterocycles. The van der Waals surface area contributed by atoms with Gasteiger partial charge in [-0.2, -0.15) is 5.10 Å². The summed E-state index contributed by atoms with van der Waals surface area (Å²) in [4.78, 5) is 20.3. The number of piperidine rings is 1. The maximum atomic E-state index is 13.4. The van der Waals surface area contributed by atoms with Crippen molar-refractivity contribution in [2.75, 3.05) is 44.2 Å². The number of anilines is 1. The topological polar surface area (TPSA) is 64.7 Å². The molecule has 1 aromatic heterocycles. The average Bonchev–Trinajstić information content (AvgIpc) is 3.36. The lowest BCUT2D eigenvalue weighted by molar-refractivity contribution is 0.0676. The molecule has 29 heavy (non-hydrogen) atoms. The standard InChI is InChI=1S/C22H27N5O2/c28-22(27-12-11-25-9-5-15(27)6-10-25)21-18-14-29-19-13-16(26-7-1-2-8-26)3-4-17(19)20(18)23-24-21/h3-4,13,15H,1-2,5-12,14H2,(H,23,24). The van der Waals surface area contributed by atoms with Crippen molar-refractivity contribution < 1.29 is 9.53 Å². The SMILES string of the molecule is O=C(c1n[nH]c2c1COc1cc(N3CCCC3)ccc1-2)N1CCN2CCC1CC2. The molecule has 7 rings (SSSR count). The van der Waals surface area contributed by atoms with E-state index in [-0.39, 0.29) is 5.91 Å². The first-order valence-electron chi connectivity index (χ1n) is 10.9. The number of hydrogen-bond acceptors (Lipinski definition) is 5. The van der Waals surface area contributed by atoms with Crippen LogP contribution in [0.2, 0.25) is 0 Å². The van der Waals surface area contributed by atoms with Crippen molar-refractivity contribution in [3.63, 3.8) is 0 Å². The van der Waals surface area contributed by atoms with Gasteiger partial charge in [-0.1, -0.05) is 0 Å². The van der Waals surface area contributed by atoms with Crippen molar-refractivity contribution in [2.24, 2.45) is 0 Å². The Labute approximate surface area is 170 Å². The highest BCUT2D eigenvalue weighted by atomic mass is 16.5. The number of nitrogens with zero attached hydrogens (tertiary/aromatic N) is 4. The van der Waals surface area contributed by atoms with Crippen LogP contribution in [0.1, 0.15) is 41.7 Å². The smallest absolute Gasteiger partial charge is 0.275 e. The molecule has 5 aliphatic heterocycles. The Kier molecular flexibility index (Phi) is 4.04. The van der Waals surface area contributed by atoms with Crippen LogP contribution in [0.25, 0.3) is 11.3 Å². The molecule has 0 radical (unpaired) electrons. The second kappa shape index (κ2) is 6.76. The van der Waals surface area contributed by atoms with Crippen molar-refractivity contribution >= 4 is 11.6 Å². The van der Waals surface area contributed by atoms with Gasteiger partial charge in [-0.3, -0.25) is 9.89 Å². The monoisotopic (exact) mass is 393 g/mol. The zero-order valence-electron chi connectivity index (χ0n) is 16.7. The van der Waals surface area contributed by atoms with E-state index in [2.05, 4.69) is 43.1 Å². The highest BCUT2D eigenvalue weighted by Gasteiger charge is 2.36. The van der Waals surface area contributed by atoms with E-state index in [1.165, 1.54) is 18.5 Å². The third kappa shape index (κ3) is 2.82. The Morgan fingerprint density at radius 3 is 2.72 bits per heavy atom. The number of aromatic amines is 1. The molecule has 5 aliphatic rings. The van der Waals surface area contributed by atoms with Crippen LogP contribution in [0.15, 0.2) is 18.2 Å². The number of fused-ring (bicyclic) bond motifs is 7. The van der Waals surface area contributed by atoms with E-state index in [0.717, 1.165) is 74.7 Å². The third-order valence-electron chi connectivity index (χ3n) is 7.06. The predicted octanol–water partition coefficient (Wildman–Crippen LogP) is 2.49. The van der Waals surface area contributed by atoms with Gasteiger partial charge < -0.3 is 19.4 Å². The summed E-state index contributed by atoms with van der Waals surface area (Å²) in [7, 11) is 0. The van der Waals surface area contributed by atoms with E-state index < -0.39 is 0 Å². The third-order valence-corrected chi connectivity index (χ3v) is 7.06. The Hall–Kier alpha value is -2.54. The van der Waals surface area contributed by atoms with Gasteiger partial charge in [0.2, 0.25) is 0 Å². The summed E-state index contributed by atoms with van der Waals surface area (Å²) in [5.41, 5.74) is 4.59. The van der Waals surface area contributed by atoms with Crippen molar-refractivity contribution in [3.05, 3.63) is 29.5 Å². The van der Waals surface area contributed by atoms with Crippen LogP contribution in [0, 0.1) is 0 Å². The number of carbonyl (C=O) groups is 1. The van der Waals surface area contributed by atoms with Crippen LogP contribution in [0.4, 0.5) is 5.69 Å². The predicted molar refractivity (Wildman–Crippen MR) is 110 cm³/mol. The Morgan fingerprint density at radius 2 is 1.90 bits per heavy atom. The second-order valence-electron chi connectivity index (χ2n) is 8.66. The molecule has 0 atom stereocenters. The van der Waals surface area contributed by atoms with E-state index >= 15 is 0 Å². The minimum atomic E-state index is 0.0528. The first-order valence-corrected chi connectivity index (χ1v) is 10.9. The van der Waals surface area contributed by atoms with Crippen molar-refractivity contribution in [1.29, 1.82) is 0 Å². The fourth-order valence-corrected chi connectivity index (χ4v) is 5.35. The van der Waals surface area contributed by atoms with Crippen LogP contribution in [-0.2, 0) is 6.61 Å². The zero-order chi connectivity index (χ0) is 19.4. The second-order valence-corrected chi connectivity index (χ2v) is 8.66. The molecule has 4 fully saturated rings. The molecule has 1 aromatic carbocycles. The molecule has 0 unspecified atom stereocenters. The maximum absolute atomic E-state index is 13.4. The molecular weight excluding hydrogens is 366 g/mol. The van der Waals surface area contributed by atoms with Crippen LogP contribution < -0.4 is 9.64 Å². The average molecular weight is 393 g/mol. The van der Waals surface area contributed by atoms with E-state index in [1.54, 1.807) is 0 Å². The molecule has 2 aromatic rings. The normalized spacial score (nSPS) is 25.4. The van der Waals surface area contributed by atoms with E-state index in [9.17, 15) is 4.79 Å². The van der Waals surface area contributed by atoms with Gasteiger partial charge in [-0.25, -0.2) is 0 Å². The number of ether oxygens (including phenoxy) is 1. The van der Waals surface area contributed by atoms with Crippen LogP contribution >= 0.6 is 0 Å². The highest BCUT2D eigenvalue weighted by molar-refractivity contribution is 5.96. The molecule has 2 bridgehead atoms. The first-order chi connectivity index (χ1) is 14.3. The van der Waals surface area contributed by atoms with Crippen molar-refractivity contribution in [1.82, 2.24) is 20.0 Å². The summed E-state index contributed by atoms with van der Waals surface area (Å²) in [5.74, 6) is 0.933. The van der Waals surface area contributed by atoms with Crippen LogP contribution in [0.3, 0.4) is 0 Å². The molecule has 0 saturated carbocycles. The summed E-state index contributed by atoms with van der Waals surface area (Å²) in [6, 6.07) is 6.74. The number of nitrogens with one attached hydrogen (secondary N) is 1. The summed E-state index contributed by atoms with van der Waals surface area (Å²) in [6.45, 7) is 6.58. The van der Waals surface area contributed by atoms with Gasteiger partial charge in [-0.15, -0.1) is 0 Å². The first kappa shape index (κ1) is 17.3. The Bertz CT molecular complexity index is 941. The Morgan fingerprint density at radius 1 is 1.07 bits per heavy atom. The maximum Gasteiger partial charge on any atom is 0.275 e. The van der Waals surface area contributed by atoms with Crippen LogP contribution in [-0.4, -0.2) is 71.2 Å². The largest absolute Gasteiger partial charge is 0.488 e. The van der Waals surface area contributed by atoms with Gasteiger partial charge in [0, 0.05) is 68.2 Å². The van der Waals surface area contributed by atoms with E-state index in [1.807, 2.05) is 0 Å². The number of benzene rings is 1. The van der Waals surface area contributed by atoms with Crippen molar-refractivity contribution in [3.8, 4) is 17.0 Å². The molecular formula is C22H27N5O2. The zero-order valence-corrected chi connectivity index (χ0v) is 16.7. The van der Waals surface area contributed by atoms with Gasteiger partial charge in [0.05, 0.1) is 5.69 Å². The van der Waals surface area contributed by atoms with E-state index in [0.29, 0.717) is 18.3 Å². The Balaban J connectivity index is 1.30. The van der Waals surface area contributed by atoms with Gasteiger partial charge >= 0.3 is 0 Å². The summed E-state index contributed by atoms with van der Waals surface area (Å²) in [5, 5.41) is 7.61. The van der Waals surface area contributed by atoms with Crippen molar-refractivity contribution in [2.45, 2.75) is 38.3 Å². The number of rotatable bonds is 2. The number of aromatic nitrogens is 2. The quantitative estimate of drug-likeness (QED) is 0.849. The summed E-state index contributed by atoms with van der Waals surface area (Å²) < 4.78 is 6.11. The number of hydrogen-bond donors (Lipinski definition) is 1.